The maximum Gasteiger partial charge on any atom is 0.273 e. The number of benzene rings is 3. The quantitative estimate of drug-likeness (QED) is 0.237. The number of ether oxygens (including phenoxy) is 2. The summed E-state index contributed by atoms with van der Waals surface area (Å²) in [5.74, 6) is 0.495. The van der Waals surface area contributed by atoms with Crippen molar-refractivity contribution in [2.45, 2.75) is 6.61 Å². The monoisotopic (exact) mass is 493 g/mol. The SMILES string of the molecule is COc1cc(/C=N\NC(=O)c2ccccc2-n2cccc2)cc(Cl)c1OCc1ccccc1Cl. The van der Waals surface area contributed by atoms with E-state index in [0.29, 0.717) is 32.7 Å². The molecule has 0 radical (unpaired) electrons. The van der Waals surface area contributed by atoms with Gasteiger partial charge in [0.1, 0.15) is 6.61 Å². The molecule has 0 atom stereocenters. The van der Waals surface area contributed by atoms with Gasteiger partial charge in [0.05, 0.1) is 29.6 Å². The fourth-order valence-corrected chi connectivity index (χ4v) is 3.80. The second kappa shape index (κ2) is 10.9. The zero-order valence-electron chi connectivity index (χ0n) is 18.2. The summed E-state index contributed by atoms with van der Waals surface area (Å²) in [4.78, 5) is 12.7. The van der Waals surface area contributed by atoms with E-state index in [1.54, 1.807) is 30.3 Å². The van der Waals surface area contributed by atoms with Gasteiger partial charge in [-0.1, -0.05) is 53.5 Å². The number of hydrazone groups is 1. The molecule has 0 spiro atoms. The fourth-order valence-electron chi connectivity index (χ4n) is 3.33. The first-order valence-electron chi connectivity index (χ1n) is 10.4. The van der Waals surface area contributed by atoms with Crippen LogP contribution in [0.1, 0.15) is 21.5 Å². The van der Waals surface area contributed by atoms with Crippen molar-refractivity contribution in [3.05, 3.63) is 112 Å². The van der Waals surface area contributed by atoms with Crippen LogP contribution in [-0.2, 0) is 6.61 Å². The number of amides is 1. The molecule has 0 aliphatic heterocycles. The van der Waals surface area contributed by atoms with E-state index in [4.69, 9.17) is 32.7 Å². The highest BCUT2D eigenvalue weighted by Crippen LogP contribution is 2.37. The zero-order valence-corrected chi connectivity index (χ0v) is 19.8. The lowest BCUT2D eigenvalue weighted by atomic mass is 10.1. The number of hydrogen-bond donors (Lipinski definition) is 1. The third-order valence-electron chi connectivity index (χ3n) is 4.99. The van der Waals surface area contributed by atoms with Gasteiger partial charge in [-0.25, -0.2) is 5.43 Å². The van der Waals surface area contributed by atoms with Crippen LogP contribution in [0.25, 0.3) is 5.69 Å². The third-order valence-corrected chi connectivity index (χ3v) is 5.64. The number of nitrogens with zero attached hydrogens (tertiary/aromatic N) is 2. The Labute approximate surface area is 207 Å². The molecule has 0 aliphatic rings. The largest absolute Gasteiger partial charge is 0.493 e. The summed E-state index contributed by atoms with van der Waals surface area (Å²) in [7, 11) is 1.52. The van der Waals surface area contributed by atoms with Crippen molar-refractivity contribution in [3.63, 3.8) is 0 Å². The van der Waals surface area contributed by atoms with Crippen LogP contribution in [0, 0.1) is 0 Å². The maximum atomic E-state index is 12.7. The predicted octanol–water partition coefficient (Wildman–Crippen LogP) is 6.14. The Morgan fingerprint density at radius 1 is 1.00 bits per heavy atom. The first-order chi connectivity index (χ1) is 16.6. The van der Waals surface area contributed by atoms with Crippen LogP contribution in [0.2, 0.25) is 10.0 Å². The average Bonchev–Trinajstić information content (AvgIpc) is 3.39. The molecule has 4 aromatic rings. The summed E-state index contributed by atoms with van der Waals surface area (Å²) in [6.07, 6.45) is 5.24. The smallest absolute Gasteiger partial charge is 0.273 e. The molecule has 0 fully saturated rings. The second-order valence-corrected chi connectivity index (χ2v) is 8.04. The predicted molar refractivity (Wildman–Crippen MR) is 135 cm³/mol. The second-order valence-electron chi connectivity index (χ2n) is 7.22. The van der Waals surface area contributed by atoms with Crippen molar-refractivity contribution < 1.29 is 14.3 Å². The molecule has 4 rings (SSSR count). The number of methoxy groups -OCH3 is 1. The van der Waals surface area contributed by atoms with E-state index in [9.17, 15) is 4.79 Å². The van der Waals surface area contributed by atoms with Gasteiger partial charge in [0.15, 0.2) is 11.5 Å². The summed E-state index contributed by atoms with van der Waals surface area (Å²) in [5, 5.41) is 5.04. The van der Waals surface area contributed by atoms with E-state index in [1.807, 2.05) is 59.4 Å². The van der Waals surface area contributed by atoms with E-state index in [-0.39, 0.29) is 12.5 Å². The van der Waals surface area contributed by atoms with Gasteiger partial charge in [-0.15, -0.1) is 0 Å². The van der Waals surface area contributed by atoms with E-state index in [2.05, 4.69) is 10.5 Å². The Balaban J connectivity index is 1.47. The highest BCUT2D eigenvalue weighted by Gasteiger charge is 2.14. The lowest BCUT2D eigenvalue weighted by Gasteiger charge is -2.14. The zero-order chi connectivity index (χ0) is 23.9. The van der Waals surface area contributed by atoms with Crippen molar-refractivity contribution in [3.8, 4) is 17.2 Å². The minimum absolute atomic E-state index is 0.236. The van der Waals surface area contributed by atoms with Crippen LogP contribution in [0.15, 0.2) is 90.3 Å². The molecule has 8 heteroatoms. The average molecular weight is 494 g/mol. The highest BCUT2D eigenvalue weighted by atomic mass is 35.5. The Morgan fingerprint density at radius 3 is 2.50 bits per heavy atom. The van der Waals surface area contributed by atoms with Gasteiger partial charge in [0.2, 0.25) is 0 Å². The number of para-hydroxylation sites is 1. The van der Waals surface area contributed by atoms with Crippen molar-refractivity contribution in [2.75, 3.05) is 7.11 Å². The Morgan fingerprint density at radius 2 is 1.74 bits per heavy atom. The molecule has 34 heavy (non-hydrogen) atoms. The molecule has 0 bridgehead atoms. The Bertz CT molecular complexity index is 1320. The van der Waals surface area contributed by atoms with Crippen LogP contribution in [0.4, 0.5) is 0 Å². The molecule has 6 nitrogen and oxygen atoms in total. The maximum absolute atomic E-state index is 12.7. The van der Waals surface area contributed by atoms with E-state index >= 15 is 0 Å². The van der Waals surface area contributed by atoms with Crippen LogP contribution in [-0.4, -0.2) is 23.8 Å². The van der Waals surface area contributed by atoms with Gasteiger partial charge >= 0.3 is 0 Å². The van der Waals surface area contributed by atoms with Gasteiger partial charge in [0.25, 0.3) is 5.91 Å². The molecule has 0 saturated heterocycles. The van der Waals surface area contributed by atoms with Crippen molar-refractivity contribution in [1.29, 1.82) is 0 Å². The van der Waals surface area contributed by atoms with Gasteiger partial charge < -0.3 is 14.0 Å². The molecule has 1 aromatic heterocycles. The minimum atomic E-state index is -0.335. The summed E-state index contributed by atoms with van der Waals surface area (Å²) in [6, 6.07) is 21.9. The first kappa shape index (κ1) is 23.4. The molecule has 1 heterocycles. The van der Waals surface area contributed by atoms with Crippen molar-refractivity contribution in [1.82, 2.24) is 9.99 Å². The fraction of sp³-hybridized carbons (Fsp3) is 0.0769. The number of carbonyl (C=O) groups excluding carboxylic acids is 1. The first-order valence-corrected chi connectivity index (χ1v) is 11.1. The number of carbonyl (C=O) groups is 1. The van der Waals surface area contributed by atoms with Gasteiger partial charge in [0, 0.05) is 23.0 Å². The molecule has 0 unspecified atom stereocenters. The van der Waals surface area contributed by atoms with Gasteiger partial charge in [-0.2, -0.15) is 5.10 Å². The molecule has 1 N–H and O–H groups in total. The van der Waals surface area contributed by atoms with Crippen molar-refractivity contribution >= 4 is 35.3 Å². The van der Waals surface area contributed by atoms with Crippen LogP contribution in [0.5, 0.6) is 11.5 Å². The molecule has 0 aliphatic carbocycles. The van der Waals surface area contributed by atoms with Crippen LogP contribution < -0.4 is 14.9 Å². The van der Waals surface area contributed by atoms with Gasteiger partial charge in [-0.05, 0) is 48.0 Å². The number of halogens is 2. The molecule has 0 saturated carbocycles. The number of hydrogen-bond acceptors (Lipinski definition) is 4. The third kappa shape index (κ3) is 5.42. The van der Waals surface area contributed by atoms with Crippen molar-refractivity contribution in [2.24, 2.45) is 5.10 Å². The molecular formula is C26H21Cl2N3O3. The summed E-state index contributed by atoms with van der Waals surface area (Å²) >= 11 is 12.6. The summed E-state index contributed by atoms with van der Waals surface area (Å²) in [5.41, 5.74) is 5.27. The lowest BCUT2D eigenvalue weighted by molar-refractivity contribution is 0.0955. The summed E-state index contributed by atoms with van der Waals surface area (Å²) < 4.78 is 13.2. The standard InChI is InChI=1S/C26H21Cl2N3O3/c1-33-24-15-18(14-22(28)25(24)34-17-19-8-2-4-10-21(19)27)16-29-30-26(32)20-9-3-5-11-23(20)31-12-6-7-13-31/h2-16H,17H2,1H3,(H,30,32)/b29-16-. The Kier molecular flexibility index (Phi) is 7.52. The molecular weight excluding hydrogens is 473 g/mol. The molecule has 1 amide bonds. The number of aromatic nitrogens is 1. The van der Waals surface area contributed by atoms with Gasteiger partial charge in [-0.3, -0.25) is 4.79 Å². The highest BCUT2D eigenvalue weighted by molar-refractivity contribution is 6.32. The van der Waals surface area contributed by atoms with E-state index in [1.165, 1.54) is 13.3 Å². The van der Waals surface area contributed by atoms with E-state index in [0.717, 1.165) is 11.3 Å². The van der Waals surface area contributed by atoms with Crippen LogP contribution >= 0.6 is 23.2 Å². The normalized spacial score (nSPS) is 10.9. The number of nitrogens with one attached hydrogen (secondary N) is 1. The van der Waals surface area contributed by atoms with E-state index < -0.39 is 0 Å². The Hall–Kier alpha value is -3.74. The van der Waals surface area contributed by atoms with Crippen LogP contribution in [0.3, 0.4) is 0 Å². The topological polar surface area (TPSA) is 64.8 Å². The summed E-state index contributed by atoms with van der Waals surface area (Å²) in [6.45, 7) is 0.236. The molecule has 172 valence electrons. The lowest BCUT2D eigenvalue weighted by Crippen LogP contribution is -2.19. The minimum Gasteiger partial charge on any atom is -0.493 e. The number of rotatable bonds is 8. The molecule has 3 aromatic carbocycles.